The zero-order valence-corrected chi connectivity index (χ0v) is 12.7. The molecule has 0 saturated heterocycles. The van der Waals surface area contributed by atoms with Crippen LogP contribution in [0.5, 0.6) is 0 Å². The summed E-state index contributed by atoms with van der Waals surface area (Å²) in [5.74, 6) is 0.0697. The molecule has 110 valence electrons. The van der Waals surface area contributed by atoms with Crippen molar-refractivity contribution in [3.05, 3.63) is 16.6 Å². The molecule has 1 atom stereocenters. The van der Waals surface area contributed by atoms with Crippen molar-refractivity contribution in [3.63, 3.8) is 0 Å². The van der Waals surface area contributed by atoms with Crippen LogP contribution in [-0.2, 0) is 20.7 Å². The summed E-state index contributed by atoms with van der Waals surface area (Å²) in [5.41, 5.74) is 2.22. The number of aromatic nitrogens is 1. The van der Waals surface area contributed by atoms with Crippen LogP contribution in [0, 0.1) is 5.92 Å². The molecule has 0 aromatic carbocycles. The molecule has 1 N–H and O–H groups in total. The molecule has 1 amide bonds. The Hall–Kier alpha value is -1.43. The van der Waals surface area contributed by atoms with E-state index in [-0.39, 0.29) is 18.3 Å². The van der Waals surface area contributed by atoms with Crippen molar-refractivity contribution in [2.45, 2.75) is 44.6 Å². The highest BCUT2D eigenvalue weighted by atomic mass is 32.1. The average Bonchev–Trinajstić information content (AvgIpc) is 3.15. The number of carbonyl (C=O) groups is 2. The van der Waals surface area contributed by atoms with Crippen LogP contribution in [0.4, 0.5) is 0 Å². The van der Waals surface area contributed by atoms with Crippen LogP contribution in [0.3, 0.4) is 0 Å². The number of hydrogen-bond acceptors (Lipinski definition) is 5. The van der Waals surface area contributed by atoms with Crippen LogP contribution in [0.2, 0.25) is 0 Å². The van der Waals surface area contributed by atoms with E-state index in [1.54, 1.807) is 5.51 Å². The van der Waals surface area contributed by atoms with Gasteiger partial charge in [-0.25, -0.2) is 4.98 Å². The number of ether oxygens (including phenoxy) is 1. The maximum atomic E-state index is 12.1. The quantitative estimate of drug-likeness (QED) is 0.781. The van der Waals surface area contributed by atoms with Crippen LogP contribution in [0.1, 0.15) is 38.3 Å². The van der Waals surface area contributed by atoms with E-state index in [0.717, 1.165) is 18.5 Å². The molecule has 5 nitrogen and oxygen atoms in total. The second-order valence-electron chi connectivity index (χ2n) is 5.47. The number of amides is 1. The third-order valence-electron chi connectivity index (χ3n) is 3.73. The summed E-state index contributed by atoms with van der Waals surface area (Å²) in [6.45, 7) is 1.93. The Morgan fingerprint density at radius 1 is 1.55 bits per heavy atom. The van der Waals surface area contributed by atoms with Crippen molar-refractivity contribution in [1.29, 1.82) is 0 Å². The highest BCUT2D eigenvalue weighted by Crippen LogP contribution is 2.41. The van der Waals surface area contributed by atoms with Gasteiger partial charge < -0.3 is 10.1 Å². The fraction of sp³-hybridized carbons (Fsp3) is 0.643. The molecule has 0 aliphatic heterocycles. The molecule has 1 unspecified atom stereocenters. The molecule has 1 aromatic rings. The first-order chi connectivity index (χ1) is 9.53. The largest absolute Gasteiger partial charge is 0.469 e. The van der Waals surface area contributed by atoms with Crippen LogP contribution in [0.15, 0.2) is 10.9 Å². The van der Waals surface area contributed by atoms with Crippen LogP contribution >= 0.6 is 11.3 Å². The monoisotopic (exact) mass is 296 g/mol. The summed E-state index contributed by atoms with van der Waals surface area (Å²) >= 11 is 1.53. The molecule has 2 rings (SSSR count). The SMILES string of the molecule is COC(=O)CC(C)(NC(=O)CCc1cscn1)C1CC1. The fourth-order valence-electron chi connectivity index (χ4n) is 2.37. The highest BCUT2D eigenvalue weighted by Gasteiger charge is 2.44. The summed E-state index contributed by atoms with van der Waals surface area (Å²) in [6, 6.07) is 0. The van der Waals surface area contributed by atoms with E-state index < -0.39 is 5.54 Å². The zero-order valence-electron chi connectivity index (χ0n) is 11.8. The first-order valence-electron chi connectivity index (χ1n) is 6.78. The lowest BCUT2D eigenvalue weighted by Crippen LogP contribution is -2.49. The molecule has 1 fully saturated rings. The number of carbonyl (C=O) groups excluding carboxylic acids is 2. The molecule has 1 saturated carbocycles. The van der Waals surface area contributed by atoms with E-state index in [9.17, 15) is 9.59 Å². The summed E-state index contributed by atoms with van der Waals surface area (Å²) in [5, 5.41) is 4.97. The van der Waals surface area contributed by atoms with Crippen molar-refractivity contribution in [2.75, 3.05) is 7.11 Å². The van der Waals surface area contributed by atoms with Gasteiger partial charge in [-0.05, 0) is 32.1 Å². The number of thiazole rings is 1. The van der Waals surface area contributed by atoms with Gasteiger partial charge in [0, 0.05) is 11.8 Å². The van der Waals surface area contributed by atoms with Gasteiger partial charge in [-0.2, -0.15) is 0 Å². The van der Waals surface area contributed by atoms with Crippen molar-refractivity contribution in [1.82, 2.24) is 10.3 Å². The minimum atomic E-state index is -0.480. The maximum Gasteiger partial charge on any atom is 0.307 e. The van der Waals surface area contributed by atoms with Gasteiger partial charge in [0.1, 0.15) is 0 Å². The van der Waals surface area contributed by atoms with Gasteiger partial charge in [-0.1, -0.05) is 0 Å². The van der Waals surface area contributed by atoms with E-state index in [1.807, 2.05) is 12.3 Å². The lowest BCUT2D eigenvalue weighted by molar-refractivity contribution is -0.142. The molecule has 0 radical (unpaired) electrons. The molecule has 20 heavy (non-hydrogen) atoms. The lowest BCUT2D eigenvalue weighted by atomic mass is 9.91. The first-order valence-corrected chi connectivity index (χ1v) is 7.72. The predicted molar refractivity (Wildman–Crippen MR) is 76.3 cm³/mol. The van der Waals surface area contributed by atoms with Crippen molar-refractivity contribution in [3.8, 4) is 0 Å². The Morgan fingerprint density at radius 2 is 2.30 bits per heavy atom. The number of esters is 1. The number of hydrogen-bond donors (Lipinski definition) is 1. The summed E-state index contributed by atoms with van der Waals surface area (Å²) < 4.78 is 4.73. The predicted octanol–water partition coefficient (Wildman–Crippen LogP) is 1.92. The number of nitrogens with one attached hydrogen (secondary N) is 1. The molecule has 0 spiro atoms. The van der Waals surface area contributed by atoms with E-state index in [1.165, 1.54) is 18.4 Å². The Bertz CT molecular complexity index is 471. The molecular formula is C14H20N2O3S. The third kappa shape index (κ3) is 4.03. The van der Waals surface area contributed by atoms with Crippen molar-refractivity contribution < 1.29 is 14.3 Å². The Labute approximate surface area is 122 Å². The van der Waals surface area contributed by atoms with E-state index >= 15 is 0 Å². The lowest BCUT2D eigenvalue weighted by Gasteiger charge is -2.30. The number of rotatable bonds is 7. The van der Waals surface area contributed by atoms with Gasteiger partial charge in [-0.15, -0.1) is 11.3 Å². The molecule has 6 heteroatoms. The van der Waals surface area contributed by atoms with Gasteiger partial charge in [-0.3, -0.25) is 9.59 Å². The van der Waals surface area contributed by atoms with Crippen LogP contribution in [0.25, 0.3) is 0 Å². The van der Waals surface area contributed by atoms with Crippen molar-refractivity contribution >= 4 is 23.2 Å². The normalized spacial score (nSPS) is 17.3. The van der Waals surface area contributed by atoms with Gasteiger partial charge in [0.05, 0.1) is 30.3 Å². The summed E-state index contributed by atoms with van der Waals surface area (Å²) in [4.78, 5) is 27.7. The zero-order chi connectivity index (χ0) is 14.6. The molecular weight excluding hydrogens is 276 g/mol. The number of nitrogens with zero attached hydrogens (tertiary/aromatic N) is 1. The van der Waals surface area contributed by atoms with Gasteiger partial charge in [0.2, 0.25) is 5.91 Å². The van der Waals surface area contributed by atoms with E-state index in [0.29, 0.717) is 18.8 Å². The molecule has 1 heterocycles. The van der Waals surface area contributed by atoms with E-state index in [2.05, 4.69) is 10.3 Å². The van der Waals surface area contributed by atoms with Gasteiger partial charge in [0.15, 0.2) is 0 Å². The Kier molecular flexibility index (Phi) is 4.75. The van der Waals surface area contributed by atoms with Crippen LogP contribution < -0.4 is 5.32 Å². The molecule has 1 aliphatic rings. The van der Waals surface area contributed by atoms with Gasteiger partial charge in [0.25, 0.3) is 0 Å². The van der Waals surface area contributed by atoms with Crippen molar-refractivity contribution in [2.24, 2.45) is 5.92 Å². The first kappa shape index (κ1) is 15.0. The number of aryl methyl sites for hydroxylation is 1. The average molecular weight is 296 g/mol. The smallest absolute Gasteiger partial charge is 0.307 e. The molecule has 1 aromatic heterocycles. The maximum absolute atomic E-state index is 12.1. The summed E-state index contributed by atoms with van der Waals surface area (Å²) in [6.07, 6.45) is 3.37. The van der Waals surface area contributed by atoms with Gasteiger partial charge >= 0.3 is 5.97 Å². The minimum Gasteiger partial charge on any atom is -0.469 e. The standard InChI is InChI=1S/C14H20N2O3S/c1-14(10-3-4-10,7-13(18)19-2)16-12(17)6-5-11-8-20-9-15-11/h8-10H,3-7H2,1-2H3,(H,16,17). The Balaban J connectivity index is 1.87. The Morgan fingerprint density at radius 3 is 2.85 bits per heavy atom. The second kappa shape index (κ2) is 6.35. The minimum absolute atomic E-state index is 0.0312. The summed E-state index contributed by atoms with van der Waals surface area (Å²) in [7, 11) is 1.37. The molecule has 1 aliphatic carbocycles. The molecule has 0 bridgehead atoms. The topological polar surface area (TPSA) is 68.3 Å². The fourth-order valence-corrected chi connectivity index (χ4v) is 2.96. The third-order valence-corrected chi connectivity index (χ3v) is 4.37. The van der Waals surface area contributed by atoms with E-state index in [4.69, 9.17) is 4.74 Å². The number of methoxy groups -OCH3 is 1. The highest BCUT2D eigenvalue weighted by molar-refractivity contribution is 7.07. The van der Waals surface area contributed by atoms with Crippen LogP contribution in [-0.4, -0.2) is 29.5 Å². The second-order valence-corrected chi connectivity index (χ2v) is 6.19.